The van der Waals surface area contributed by atoms with Gasteiger partial charge in [-0.3, -0.25) is 0 Å². The van der Waals surface area contributed by atoms with Gasteiger partial charge in [0.05, 0.1) is 5.69 Å². The Hall–Kier alpha value is -5.34. The summed E-state index contributed by atoms with van der Waals surface area (Å²) in [5.41, 5.74) is 13.3. The number of rotatable bonds is 7. The van der Waals surface area contributed by atoms with Gasteiger partial charge in [-0.05, 0) is 109 Å². The minimum Gasteiger partial charge on any atom is -0.337 e. The highest BCUT2D eigenvalue weighted by Gasteiger charge is 2.22. The molecule has 6 rings (SSSR count). The van der Waals surface area contributed by atoms with Crippen LogP contribution in [0.2, 0.25) is 0 Å². The second-order valence-corrected chi connectivity index (χ2v) is 11.7. The topological polar surface area (TPSA) is 6.48 Å². The number of nitrogens with zero attached hydrogens (tertiary/aromatic N) is 2. The van der Waals surface area contributed by atoms with Gasteiger partial charge in [-0.2, -0.15) is 0 Å². The van der Waals surface area contributed by atoms with Crippen LogP contribution in [0.1, 0.15) is 99.1 Å². The van der Waals surface area contributed by atoms with Crippen LogP contribution in [0.5, 0.6) is 0 Å². The van der Waals surface area contributed by atoms with Crippen molar-refractivity contribution in [3.63, 3.8) is 0 Å². The van der Waals surface area contributed by atoms with Crippen LogP contribution < -0.4 is 9.80 Å². The highest BCUT2D eigenvalue weighted by molar-refractivity contribution is 5.82. The van der Waals surface area contributed by atoms with E-state index in [-0.39, 0.29) is 0 Å². The fraction of sp³-hybridized carbons (Fsp3) is 0.269. The number of allylic oxidation sites excluding steroid dienone is 18. The normalized spacial score (nSPS) is 17.9. The number of hydrogen-bond acceptors (Lipinski definition) is 2. The molecule has 0 radical (unpaired) electrons. The molecule has 54 heavy (non-hydrogen) atoms. The minimum atomic E-state index is 0.794. The zero-order valence-electron chi connectivity index (χ0n) is 34.8. The van der Waals surface area contributed by atoms with Gasteiger partial charge < -0.3 is 9.80 Å². The highest BCUT2D eigenvalue weighted by atomic mass is 15.2. The summed E-state index contributed by atoms with van der Waals surface area (Å²) in [6.45, 7) is 27.1. The van der Waals surface area contributed by atoms with E-state index in [1.165, 1.54) is 44.9 Å². The lowest BCUT2D eigenvalue weighted by Crippen LogP contribution is -2.27. The van der Waals surface area contributed by atoms with Gasteiger partial charge in [0, 0.05) is 29.3 Å². The highest BCUT2D eigenvalue weighted by Crippen LogP contribution is 2.37. The maximum atomic E-state index is 4.42. The van der Waals surface area contributed by atoms with E-state index >= 15 is 0 Å². The van der Waals surface area contributed by atoms with E-state index in [4.69, 9.17) is 0 Å². The van der Waals surface area contributed by atoms with Gasteiger partial charge in [0.15, 0.2) is 0 Å². The molecule has 2 aliphatic carbocycles. The first-order valence-electron chi connectivity index (χ1n) is 20.3. The molecule has 2 aromatic rings. The van der Waals surface area contributed by atoms with Crippen LogP contribution in [0, 0.1) is 0 Å². The van der Waals surface area contributed by atoms with Crippen molar-refractivity contribution in [2.24, 2.45) is 0 Å². The van der Waals surface area contributed by atoms with Gasteiger partial charge >= 0.3 is 0 Å². The second kappa shape index (κ2) is 25.6. The van der Waals surface area contributed by atoms with Gasteiger partial charge in [-0.15, -0.1) is 0 Å². The maximum absolute atomic E-state index is 4.42. The van der Waals surface area contributed by atoms with Crippen LogP contribution in [-0.2, 0) is 0 Å². The fourth-order valence-corrected chi connectivity index (χ4v) is 6.24. The third-order valence-corrected chi connectivity index (χ3v) is 8.69. The average Bonchev–Trinajstić information content (AvgIpc) is 3.50. The predicted molar refractivity (Wildman–Crippen MR) is 246 cm³/mol. The average molecular weight is 719 g/mol. The summed E-state index contributed by atoms with van der Waals surface area (Å²) in [4.78, 5) is 4.80. The SMILES string of the molecule is C=C/C=C\C=C1/C=Cc2ccccc2N1C1=CCC=C(c2ccc(N3C/C(=C/C/C=C\C)C(=C)/C=C\C4=C3C=CCC4)cc2)C=C1.CC.CC.CC.CC. The maximum Gasteiger partial charge on any atom is 0.0533 e. The molecule has 0 fully saturated rings. The van der Waals surface area contributed by atoms with Crippen LogP contribution in [0.3, 0.4) is 0 Å². The van der Waals surface area contributed by atoms with Gasteiger partial charge in [0.2, 0.25) is 0 Å². The fourth-order valence-electron chi connectivity index (χ4n) is 6.24. The molecule has 0 aromatic heterocycles. The Morgan fingerprint density at radius 2 is 1.50 bits per heavy atom. The van der Waals surface area contributed by atoms with Crippen molar-refractivity contribution in [1.82, 2.24) is 0 Å². The molecule has 0 saturated carbocycles. The summed E-state index contributed by atoms with van der Waals surface area (Å²) in [5.74, 6) is 0. The molecule has 0 unspecified atom stereocenters. The van der Waals surface area contributed by atoms with E-state index in [2.05, 4.69) is 163 Å². The third-order valence-electron chi connectivity index (χ3n) is 8.69. The van der Waals surface area contributed by atoms with Crippen LogP contribution in [0.25, 0.3) is 11.6 Å². The summed E-state index contributed by atoms with van der Waals surface area (Å²) in [6.07, 6.45) is 41.0. The van der Waals surface area contributed by atoms with E-state index in [0.717, 1.165) is 49.2 Å². The number of hydrogen-bond donors (Lipinski definition) is 0. The number of fused-ring (bicyclic) bond motifs is 1. The molecule has 284 valence electrons. The molecule has 0 bridgehead atoms. The van der Waals surface area contributed by atoms with Crippen molar-refractivity contribution in [3.8, 4) is 0 Å². The Balaban J connectivity index is 0.00000118. The van der Waals surface area contributed by atoms with Crippen molar-refractivity contribution < 1.29 is 0 Å². The molecule has 2 nitrogen and oxygen atoms in total. The Bertz CT molecular complexity index is 1840. The van der Waals surface area contributed by atoms with E-state index < -0.39 is 0 Å². The van der Waals surface area contributed by atoms with Crippen molar-refractivity contribution in [1.29, 1.82) is 0 Å². The van der Waals surface area contributed by atoms with E-state index in [1.54, 1.807) is 6.08 Å². The molecule has 2 aliphatic heterocycles. The zero-order chi connectivity index (χ0) is 39.7. The summed E-state index contributed by atoms with van der Waals surface area (Å²) in [6, 6.07) is 17.6. The van der Waals surface area contributed by atoms with Gasteiger partial charge in [-0.25, -0.2) is 0 Å². The standard InChI is InChI=1S/C44H42N2.4C2H6/c1-4-6-8-17-39-33-45(43-21-12-10-15-37(43)24-23-34(39)3)40-29-25-36(26-30-40)35-18-14-20-42(31-27-35)46-41(19-9-7-5-2)32-28-38-16-11-13-22-44(38)46;4*1-2/h4-7,9,11-13,16-32H,2-3,8,10,14-15,33H2,1H3;4*1-2H3/b6-4-,9-7-,24-23-,39-17-,41-19+;;;;. The summed E-state index contributed by atoms with van der Waals surface area (Å²) >= 11 is 0. The van der Waals surface area contributed by atoms with Crippen LogP contribution in [0.4, 0.5) is 11.4 Å². The van der Waals surface area contributed by atoms with Gasteiger partial charge in [0.25, 0.3) is 0 Å². The molecule has 2 heteroatoms. The smallest absolute Gasteiger partial charge is 0.0533 e. The van der Waals surface area contributed by atoms with Crippen molar-refractivity contribution in [3.05, 3.63) is 204 Å². The lowest BCUT2D eigenvalue weighted by Gasteiger charge is -2.32. The largest absolute Gasteiger partial charge is 0.337 e. The van der Waals surface area contributed by atoms with Crippen molar-refractivity contribution in [2.75, 3.05) is 16.3 Å². The quantitative estimate of drug-likeness (QED) is 0.208. The van der Waals surface area contributed by atoms with Crippen molar-refractivity contribution in [2.45, 2.75) is 88.0 Å². The van der Waals surface area contributed by atoms with E-state index in [9.17, 15) is 0 Å². The molecular formula is C52H66N2. The monoisotopic (exact) mass is 719 g/mol. The number of benzene rings is 2. The Kier molecular flexibility index (Phi) is 21.3. The first-order valence-corrected chi connectivity index (χ1v) is 20.3. The molecule has 0 N–H and O–H groups in total. The first-order chi connectivity index (χ1) is 26.7. The number of anilines is 2. The van der Waals surface area contributed by atoms with Crippen molar-refractivity contribution >= 4 is 23.0 Å². The summed E-state index contributed by atoms with van der Waals surface area (Å²) in [7, 11) is 0. The second-order valence-electron chi connectivity index (χ2n) is 11.7. The summed E-state index contributed by atoms with van der Waals surface area (Å²) < 4.78 is 0. The van der Waals surface area contributed by atoms with E-state index in [0.29, 0.717) is 0 Å². The molecule has 0 spiro atoms. The molecule has 4 aliphatic rings. The lowest BCUT2D eigenvalue weighted by atomic mass is 9.94. The molecule has 2 heterocycles. The number of para-hydroxylation sites is 1. The zero-order valence-corrected chi connectivity index (χ0v) is 34.8. The Morgan fingerprint density at radius 1 is 0.759 bits per heavy atom. The van der Waals surface area contributed by atoms with Gasteiger partial charge in [-0.1, -0.05) is 178 Å². The molecule has 2 aromatic carbocycles. The Morgan fingerprint density at radius 3 is 2.22 bits per heavy atom. The van der Waals surface area contributed by atoms with Gasteiger partial charge in [0.1, 0.15) is 0 Å². The molecular weight excluding hydrogens is 653 g/mol. The minimum absolute atomic E-state index is 0.794. The Labute approximate surface area is 330 Å². The first kappa shape index (κ1) is 44.8. The molecule has 0 saturated heterocycles. The van der Waals surface area contributed by atoms with Crippen LogP contribution >= 0.6 is 0 Å². The summed E-state index contributed by atoms with van der Waals surface area (Å²) in [5, 5.41) is 0. The van der Waals surface area contributed by atoms with Crippen LogP contribution in [-0.4, -0.2) is 6.54 Å². The van der Waals surface area contributed by atoms with Crippen LogP contribution in [0.15, 0.2) is 193 Å². The molecule has 0 amide bonds. The molecule has 0 atom stereocenters. The lowest BCUT2D eigenvalue weighted by molar-refractivity contribution is 0.903. The van der Waals surface area contributed by atoms with E-state index in [1.807, 2.05) is 67.5 Å². The predicted octanol–water partition coefficient (Wildman–Crippen LogP) is 15.6. The third kappa shape index (κ3) is 12.1.